The first-order chi connectivity index (χ1) is 22.8. The molecule has 0 amide bonds. The van der Waals surface area contributed by atoms with Gasteiger partial charge in [0.2, 0.25) is 0 Å². The number of aryl methyl sites for hydroxylation is 6. The van der Waals surface area contributed by atoms with E-state index in [2.05, 4.69) is 150 Å². The molecule has 4 aromatic carbocycles. The van der Waals surface area contributed by atoms with Crippen LogP contribution in [0.4, 0.5) is 0 Å². The van der Waals surface area contributed by atoms with Crippen LogP contribution in [0, 0.1) is 48.9 Å². The van der Waals surface area contributed by atoms with Gasteiger partial charge >= 0.3 is 0 Å². The number of fused-ring (bicyclic) bond motifs is 3. The number of phenolic OH excluding ortho intramolecular Hbond substituents is 2. The van der Waals surface area contributed by atoms with Gasteiger partial charge in [0, 0.05) is 40.1 Å². The number of benzene rings is 4. The van der Waals surface area contributed by atoms with Gasteiger partial charge in [0.25, 0.3) is 0 Å². The summed E-state index contributed by atoms with van der Waals surface area (Å²) in [6, 6.07) is 16.2. The van der Waals surface area contributed by atoms with Crippen LogP contribution in [0.2, 0.25) is 0 Å². The number of halogens is 2. The lowest BCUT2D eigenvalue weighted by atomic mass is 10.0. The number of hydrogen-bond donors (Lipinski definition) is 2. The topological polar surface area (TPSA) is 107 Å². The van der Waals surface area contributed by atoms with Crippen LogP contribution in [0.5, 0.6) is 11.5 Å². The molecule has 7 aromatic rings. The SMILES string of the molecule is Cc1cc(C)c(-n2nnc(-c3cc4c5cc(-c6nnn(-c7c(C)cc(C)cc7C)c6I)c(O)cc5n(C(C)C)c4cc3O)c2I)c(C)c1. The van der Waals surface area contributed by atoms with E-state index in [1.54, 1.807) is 12.1 Å². The van der Waals surface area contributed by atoms with E-state index in [0.717, 1.165) is 62.8 Å². The number of aromatic nitrogens is 7. The van der Waals surface area contributed by atoms with E-state index in [9.17, 15) is 10.2 Å². The summed E-state index contributed by atoms with van der Waals surface area (Å²) >= 11 is 4.53. The van der Waals surface area contributed by atoms with Crippen LogP contribution in [-0.2, 0) is 0 Å². The van der Waals surface area contributed by atoms with E-state index in [1.165, 1.54) is 11.1 Å². The summed E-state index contributed by atoms with van der Waals surface area (Å²) in [5.74, 6) is 0.223. The van der Waals surface area contributed by atoms with E-state index in [0.29, 0.717) is 22.5 Å². The Bertz CT molecular complexity index is 2240. The van der Waals surface area contributed by atoms with Gasteiger partial charge in [0.05, 0.1) is 22.4 Å². The Morgan fingerprint density at radius 3 is 1.25 bits per heavy atom. The van der Waals surface area contributed by atoms with Gasteiger partial charge in [-0.25, -0.2) is 9.36 Å². The molecular formula is C37H35I2N7O2. The number of rotatable bonds is 5. The number of hydrogen-bond acceptors (Lipinski definition) is 6. The Morgan fingerprint density at radius 1 is 0.562 bits per heavy atom. The van der Waals surface area contributed by atoms with Gasteiger partial charge < -0.3 is 14.8 Å². The molecule has 0 aliphatic rings. The van der Waals surface area contributed by atoms with Crippen molar-refractivity contribution in [3.05, 3.63) is 89.3 Å². The number of aromatic hydroxyl groups is 2. The zero-order valence-corrected chi connectivity index (χ0v) is 32.3. The Morgan fingerprint density at radius 2 is 0.917 bits per heavy atom. The minimum atomic E-state index is 0.0579. The summed E-state index contributed by atoms with van der Waals surface area (Å²) < 4.78 is 7.44. The maximum absolute atomic E-state index is 11.5. The van der Waals surface area contributed by atoms with Crippen molar-refractivity contribution in [1.82, 2.24) is 34.6 Å². The second-order valence-corrected chi connectivity index (χ2v) is 15.1. The average molecular weight is 864 g/mol. The average Bonchev–Trinajstić information content (AvgIpc) is 3.64. The summed E-state index contributed by atoms with van der Waals surface area (Å²) in [5.41, 5.74) is 12.9. The first kappa shape index (κ1) is 32.6. The van der Waals surface area contributed by atoms with Crippen LogP contribution in [0.3, 0.4) is 0 Å². The van der Waals surface area contributed by atoms with Crippen molar-refractivity contribution < 1.29 is 10.2 Å². The molecule has 0 fully saturated rings. The molecule has 2 N–H and O–H groups in total. The van der Waals surface area contributed by atoms with Crippen molar-refractivity contribution >= 4 is 67.0 Å². The molecule has 0 bridgehead atoms. The summed E-state index contributed by atoms with van der Waals surface area (Å²) in [6.07, 6.45) is 0. The maximum Gasteiger partial charge on any atom is 0.133 e. The largest absolute Gasteiger partial charge is 0.507 e. The third kappa shape index (κ3) is 5.08. The van der Waals surface area contributed by atoms with Gasteiger partial charge in [-0.2, -0.15) is 0 Å². The van der Waals surface area contributed by atoms with E-state index in [-0.39, 0.29) is 17.5 Å². The lowest BCUT2D eigenvalue weighted by molar-refractivity contribution is 0.477. The third-order valence-electron chi connectivity index (χ3n) is 8.99. The van der Waals surface area contributed by atoms with Gasteiger partial charge in [-0.05, 0) is 135 Å². The Hall–Kier alpha value is -3.98. The highest BCUT2D eigenvalue weighted by molar-refractivity contribution is 14.1. The highest BCUT2D eigenvalue weighted by atomic mass is 127. The normalized spacial score (nSPS) is 11.9. The minimum absolute atomic E-state index is 0.0579. The van der Waals surface area contributed by atoms with Crippen molar-refractivity contribution in [3.63, 3.8) is 0 Å². The zero-order valence-electron chi connectivity index (χ0n) is 28.0. The Labute approximate surface area is 305 Å². The Kier molecular flexibility index (Phi) is 8.05. The predicted octanol–water partition coefficient (Wildman–Crippen LogP) is 9.34. The quantitative estimate of drug-likeness (QED) is 0.167. The fourth-order valence-corrected chi connectivity index (χ4v) is 8.69. The second-order valence-electron chi connectivity index (χ2n) is 13.0. The van der Waals surface area contributed by atoms with Crippen LogP contribution in [-0.4, -0.2) is 44.8 Å². The van der Waals surface area contributed by atoms with Crippen LogP contribution < -0.4 is 0 Å². The fraction of sp³-hybridized carbons (Fsp3) is 0.243. The van der Waals surface area contributed by atoms with E-state index in [1.807, 2.05) is 21.5 Å². The van der Waals surface area contributed by atoms with Gasteiger partial charge in [0.15, 0.2) is 0 Å². The second kappa shape index (κ2) is 11.9. The molecule has 48 heavy (non-hydrogen) atoms. The summed E-state index contributed by atoms with van der Waals surface area (Å²) in [4.78, 5) is 0. The van der Waals surface area contributed by atoms with Crippen molar-refractivity contribution in [2.24, 2.45) is 0 Å². The highest BCUT2D eigenvalue weighted by Crippen LogP contribution is 2.44. The van der Waals surface area contributed by atoms with E-state index in [4.69, 9.17) is 0 Å². The van der Waals surface area contributed by atoms with Gasteiger partial charge in [0.1, 0.15) is 30.3 Å². The van der Waals surface area contributed by atoms with Crippen LogP contribution in [0.1, 0.15) is 53.3 Å². The first-order valence-electron chi connectivity index (χ1n) is 15.7. The first-order valence-corrected chi connectivity index (χ1v) is 17.9. The molecule has 244 valence electrons. The lowest BCUT2D eigenvalue weighted by Gasteiger charge is -2.13. The minimum Gasteiger partial charge on any atom is -0.507 e. The van der Waals surface area contributed by atoms with Crippen molar-refractivity contribution in [2.75, 3.05) is 0 Å². The summed E-state index contributed by atoms with van der Waals surface area (Å²) in [6.45, 7) is 16.7. The van der Waals surface area contributed by atoms with Crippen molar-refractivity contribution in [3.8, 4) is 45.4 Å². The molecule has 0 aliphatic heterocycles. The maximum atomic E-state index is 11.5. The monoisotopic (exact) mass is 863 g/mol. The molecule has 0 saturated carbocycles. The number of nitrogens with zero attached hydrogens (tertiary/aromatic N) is 7. The van der Waals surface area contributed by atoms with Crippen LogP contribution in [0.25, 0.3) is 55.7 Å². The molecule has 0 atom stereocenters. The zero-order chi connectivity index (χ0) is 34.3. The van der Waals surface area contributed by atoms with Crippen LogP contribution >= 0.6 is 45.2 Å². The molecule has 0 unspecified atom stereocenters. The fourth-order valence-electron chi connectivity index (χ4n) is 7.22. The lowest BCUT2D eigenvalue weighted by Crippen LogP contribution is -2.05. The molecule has 3 aromatic heterocycles. The Balaban J connectivity index is 1.43. The van der Waals surface area contributed by atoms with Gasteiger partial charge in [-0.15, -0.1) is 10.2 Å². The third-order valence-corrected chi connectivity index (χ3v) is 10.9. The number of phenols is 2. The highest BCUT2D eigenvalue weighted by Gasteiger charge is 2.25. The molecular weight excluding hydrogens is 828 g/mol. The molecule has 0 spiro atoms. The summed E-state index contributed by atoms with van der Waals surface area (Å²) in [7, 11) is 0. The van der Waals surface area contributed by atoms with Crippen LogP contribution in [0.15, 0.2) is 48.5 Å². The molecule has 11 heteroatoms. The molecule has 0 aliphatic carbocycles. The predicted molar refractivity (Wildman–Crippen MR) is 208 cm³/mol. The standard InChI is InChI=1S/C37H35I2N7O2/c1-17(2)44-28-15-30(47)26(32-36(38)45(42-40-32)34-20(5)9-18(3)10-21(34)6)13-24(28)25-14-27(31(48)16-29(25)44)33-37(39)46(43-41-33)35-22(7)11-19(4)12-23(35)8/h9-17,47-48H,1-8H3. The molecule has 9 nitrogen and oxygen atoms in total. The molecule has 7 rings (SSSR count). The van der Waals surface area contributed by atoms with Crippen molar-refractivity contribution in [1.29, 1.82) is 0 Å². The smallest absolute Gasteiger partial charge is 0.133 e. The van der Waals surface area contributed by atoms with E-state index >= 15 is 0 Å². The molecule has 0 saturated heterocycles. The van der Waals surface area contributed by atoms with Gasteiger partial charge in [-0.1, -0.05) is 45.8 Å². The van der Waals surface area contributed by atoms with E-state index < -0.39 is 0 Å². The van der Waals surface area contributed by atoms with Gasteiger partial charge in [-0.3, -0.25) is 0 Å². The molecule has 3 heterocycles. The molecule has 0 radical (unpaired) electrons. The van der Waals surface area contributed by atoms with Crippen molar-refractivity contribution in [2.45, 2.75) is 61.4 Å². The summed E-state index contributed by atoms with van der Waals surface area (Å²) in [5, 5.41) is 43.0.